The van der Waals surface area contributed by atoms with Crippen LogP contribution in [0.25, 0.3) is 106 Å². The number of nitrogens with zero attached hydrogens (tertiary/aromatic N) is 8. The van der Waals surface area contributed by atoms with Gasteiger partial charge in [-0.1, -0.05) is 213 Å². The molecule has 432 valence electrons. The molecule has 91 heavy (non-hydrogen) atoms. The van der Waals surface area contributed by atoms with Gasteiger partial charge in [-0.2, -0.15) is 0 Å². The van der Waals surface area contributed by atoms with Crippen LogP contribution in [0.5, 0.6) is 0 Å². The van der Waals surface area contributed by atoms with Gasteiger partial charge in [0.25, 0.3) is 0 Å². The van der Waals surface area contributed by atoms with Crippen LogP contribution in [0.4, 0.5) is 28.4 Å². The van der Waals surface area contributed by atoms with Crippen molar-refractivity contribution in [2.24, 2.45) is 0 Å². The van der Waals surface area contributed by atoms with E-state index in [-0.39, 0.29) is 0 Å². The fourth-order valence-corrected chi connectivity index (χ4v) is 12.1. The molecule has 0 amide bonds. The van der Waals surface area contributed by atoms with Crippen molar-refractivity contribution in [2.45, 2.75) is 6.92 Å². The van der Waals surface area contributed by atoms with Gasteiger partial charge in [0.05, 0.1) is 33.8 Å². The van der Waals surface area contributed by atoms with Gasteiger partial charge >= 0.3 is 0 Å². The van der Waals surface area contributed by atoms with Crippen molar-refractivity contribution in [3.8, 4) is 78.3 Å². The number of allylic oxidation sites excluding steroid dienone is 4. The monoisotopic (exact) mass is 1170 g/mol. The van der Waals surface area contributed by atoms with E-state index < -0.39 is 0 Å². The molecule has 0 fully saturated rings. The van der Waals surface area contributed by atoms with E-state index in [1.807, 2.05) is 66.2 Å². The predicted octanol–water partition coefficient (Wildman–Crippen LogP) is 21.4. The number of anilines is 5. The van der Waals surface area contributed by atoms with Gasteiger partial charge in [0.2, 0.25) is 0 Å². The van der Waals surface area contributed by atoms with Crippen molar-refractivity contribution in [2.75, 3.05) is 9.80 Å². The third-order valence-electron chi connectivity index (χ3n) is 16.7. The summed E-state index contributed by atoms with van der Waals surface area (Å²) in [4.78, 5) is 25.7. The Morgan fingerprint density at radius 3 is 1.22 bits per heavy atom. The standard InChI is InChI=1S/C83H60N8/c1-3-59(78-56-88-52-18-16-28-80(88)84-78)31-30-58(2)90(69-24-12-6-13-25-69)71-48-42-67(43-49-71)82-83(68-44-50-73(51-45-68)91(70-26-14-7-15-27-70)72-46-40-66(41-47-72)79-57-89-53-19-17-29-81(89)85-79)87-77-55-75(65-38-34-63(35-39-65)61-22-10-5-11-23-61)74(54-76(77)86-82)64-36-32-62(33-37-64)60-20-8-4-9-21-60/h3-57H,2H2,1H3/b31-30-,59-3+. The second kappa shape index (κ2) is 24.5. The molecule has 8 nitrogen and oxygen atoms in total. The molecule has 0 spiro atoms. The van der Waals surface area contributed by atoms with E-state index in [2.05, 4.69) is 300 Å². The van der Waals surface area contributed by atoms with Gasteiger partial charge in [0.15, 0.2) is 0 Å². The number of imidazole rings is 2. The van der Waals surface area contributed by atoms with E-state index in [4.69, 9.17) is 19.9 Å². The molecular weight excluding hydrogens is 1110 g/mol. The molecule has 0 N–H and O–H groups in total. The lowest BCUT2D eigenvalue weighted by Gasteiger charge is -2.26. The molecule has 5 aromatic heterocycles. The van der Waals surface area contributed by atoms with Crippen molar-refractivity contribution in [1.29, 1.82) is 0 Å². The molecule has 0 atom stereocenters. The molecule has 0 aliphatic carbocycles. The lowest BCUT2D eigenvalue weighted by atomic mass is 9.91. The third kappa shape index (κ3) is 11.3. The summed E-state index contributed by atoms with van der Waals surface area (Å²) in [6.45, 7) is 6.70. The minimum Gasteiger partial charge on any atom is -0.311 e. The number of hydrogen-bond acceptors (Lipinski definition) is 6. The number of para-hydroxylation sites is 2. The molecule has 15 rings (SSSR count). The van der Waals surface area contributed by atoms with Gasteiger partial charge in [0.1, 0.15) is 11.3 Å². The smallest absolute Gasteiger partial charge is 0.137 e. The lowest BCUT2D eigenvalue weighted by molar-refractivity contribution is 1.19. The van der Waals surface area contributed by atoms with E-state index in [1.54, 1.807) is 0 Å². The summed E-state index contributed by atoms with van der Waals surface area (Å²) in [6, 6.07) is 102. The van der Waals surface area contributed by atoms with E-state index in [1.165, 1.54) is 11.1 Å². The summed E-state index contributed by atoms with van der Waals surface area (Å²) in [5.41, 5.74) is 25.3. The Kier molecular flexibility index (Phi) is 14.9. The van der Waals surface area contributed by atoms with E-state index >= 15 is 0 Å². The Bertz CT molecular complexity index is 5070. The topological polar surface area (TPSA) is 66.9 Å². The number of benzene rings is 10. The highest BCUT2D eigenvalue weighted by Crippen LogP contribution is 2.42. The molecule has 0 bridgehead atoms. The van der Waals surface area contributed by atoms with Crippen LogP contribution >= 0.6 is 0 Å². The van der Waals surface area contributed by atoms with Crippen molar-refractivity contribution >= 4 is 56.3 Å². The number of hydrogen-bond donors (Lipinski definition) is 0. The average Bonchev–Trinajstić information content (AvgIpc) is 1.94. The Balaban J connectivity index is 0.850. The van der Waals surface area contributed by atoms with Crippen molar-refractivity contribution in [3.05, 3.63) is 352 Å². The molecule has 10 aromatic carbocycles. The van der Waals surface area contributed by atoms with Crippen LogP contribution < -0.4 is 9.80 Å². The first-order valence-electron chi connectivity index (χ1n) is 30.5. The van der Waals surface area contributed by atoms with Gasteiger partial charge in [-0.15, -0.1) is 0 Å². The summed E-state index contributed by atoms with van der Waals surface area (Å²) < 4.78 is 4.09. The molecule has 0 saturated heterocycles. The maximum atomic E-state index is 5.70. The zero-order chi connectivity index (χ0) is 61.0. The molecular formula is C83H60N8. The number of fused-ring (bicyclic) bond motifs is 3. The van der Waals surface area contributed by atoms with Crippen molar-refractivity contribution < 1.29 is 0 Å². The van der Waals surface area contributed by atoms with E-state index in [0.29, 0.717) is 0 Å². The summed E-state index contributed by atoms with van der Waals surface area (Å²) in [5, 5.41) is 0. The first-order chi connectivity index (χ1) is 44.9. The fraction of sp³-hybridized carbons (Fsp3) is 0.0120. The molecule has 5 heterocycles. The van der Waals surface area contributed by atoms with E-state index in [9.17, 15) is 0 Å². The average molecular weight is 1170 g/mol. The Morgan fingerprint density at radius 2 is 0.736 bits per heavy atom. The highest BCUT2D eigenvalue weighted by atomic mass is 15.1. The third-order valence-corrected chi connectivity index (χ3v) is 16.7. The summed E-state index contributed by atoms with van der Waals surface area (Å²) in [7, 11) is 0. The first kappa shape index (κ1) is 55.3. The molecule has 0 aliphatic rings. The number of aromatic nitrogens is 6. The maximum absolute atomic E-state index is 5.70. The van der Waals surface area contributed by atoms with Crippen LogP contribution in [0.1, 0.15) is 12.6 Å². The maximum Gasteiger partial charge on any atom is 0.137 e. The second-order valence-corrected chi connectivity index (χ2v) is 22.4. The number of rotatable bonds is 16. The number of pyridine rings is 2. The first-order valence-corrected chi connectivity index (χ1v) is 30.5. The van der Waals surface area contributed by atoms with Crippen molar-refractivity contribution in [1.82, 2.24) is 28.7 Å². The molecule has 15 aromatic rings. The minimum atomic E-state index is 0.759. The summed E-state index contributed by atoms with van der Waals surface area (Å²) in [5.74, 6) is 0. The lowest BCUT2D eigenvalue weighted by Crippen LogP contribution is -2.14. The van der Waals surface area contributed by atoms with Crippen LogP contribution in [-0.4, -0.2) is 28.7 Å². The fourth-order valence-electron chi connectivity index (χ4n) is 12.1. The normalized spacial score (nSPS) is 11.6. The van der Waals surface area contributed by atoms with Crippen LogP contribution in [0.2, 0.25) is 0 Å². The minimum absolute atomic E-state index is 0.759. The van der Waals surface area contributed by atoms with Crippen LogP contribution in [-0.2, 0) is 0 Å². The molecule has 0 radical (unpaired) electrons. The largest absolute Gasteiger partial charge is 0.311 e. The zero-order valence-corrected chi connectivity index (χ0v) is 50.0. The van der Waals surface area contributed by atoms with Gasteiger partial charge < -0.3 is 18.6 Å². The van der Waals surface area contributed by atoms with Gasteiger partial charge in [-0.3, -0.25) is 0 Å². The second-order valence-electron chi connectivity index (χ2n) is 22.4. The summed E-state index contributed by atoms with van der Waals surface area (Å²) in [6.07, 6.45) is 14.4. The summed E-state index contributed by atoms with van der Waals surface area (Å²) >= 11 is 0. The Morgan fingerprint density at radius 1 is 0.352 bits per heavy atom. The SMILES string of the molecule is C=C(/C=C\C(=C/C)c1cn2ccccc2n1)N(c1ccccc1)c1ccc(-c2nc3cc(-c4ccc(-c5ccccc5)cc4)c(-c4ccc(-c5ccccc5)cc4)cc3nc2-c2ccc(N(c3ccccc3)c3ccc(-c4cn5ccccc5n4)cc3)cc2)cc1. The zero-order valence-electron chi connectivity index (χ0n) is 50.0. The van der Waals surface area contributed by atoms with E-state index in [0.717, 1.165) is 135 Å². The Hall–Kier alpha value is -12.3. The highest BCUT2D eigenvalue weighted by Gasteiger charge is 2.21. The van der Waals surface area contributed by atoms with Gasteiger partial charge in [-0.05, 0) is 160 Å². The van der Waals surface area contributed by atoms with Gasteiger partial charge in [-0.25, -0.2) is 19.9 Å². The molecule has 0 saturated carbocycles. The van der Waals surface area contributed by atoms with Crippen LogP contribution in [0.15, 0.2) is 346 Å². The molecule has 8 heteroatoms. The highest BCUT2D eigenvalue weighted by molar-refractivity contribution is 5.97. The van der Waals surface area contributed by atoms with Crippen molar-refractivity contribution in [3.63, 3.8) is 0 Å². The van der Waals surface area contributed by atoms with Crippen LogP contribution in [0, 0.1) is 0 Å². The predicted molar refractivity (Wildman–Crippen MR) is 377 cm³/mol. The molecule has 0 unspecified atom stereocenters. The Labute approximate surface area is 529 Å². The quantitative estimate of drug-likeness (QED) is 0.0898. The molecule has 0 aliphatic heterocycles. The van der Waals surface area contributed by atoms with Gasteiger partial charge in [0, 0.05) is 75.6 Å². The van der Waals surface area contributed by atoms with Crippen LogP contribution in [0.3, 0.4) is 0 Å².